The maximum Gasteiger partial charge on any atom is 0.417 e. The number of alkyl halides is 3. The van der Waals surface area contributed by atoms with Gasteiger partial charge in [0.15, 0.2) is 0 Å². The zero-order chi connectivity index (χ0) is 31.1. The summed E-state index contributed by atoms with van der Waals surface area (Å²) >= 11 is 5.75. The summed E-state index contributed by atoms with van der Waals surface area (Å²) in [6.07, 6.45) is -3.28. The predicted octanol–water partition coefficient (Wildman–Crippen LogP) is 5.60. The molecule has 3 aromatic carbocycles. The van der Waals surface area contributed by atoms with Crippen molar-refractivity contribution in [3.63, 3.8) is 0 Å². The third-order valence-electron chi connectivity index (χ3n) is 6.64. The van der Waals surface area contributed by atoms with Crippen molar-refractivity contribution in [3.8, 4) is 0 Å². The summed E-state index contributed by atoms with van der Waals surface area (Å²) in [6.45, 7) is 3.21. The molecule has 42 heavy (non-hydrogen) atoms. The molecule has 7 nitrogen and oxygen atoms in total. The van der Waals surface area contributed by atoms with Gasteiger partial charge in [0.2, 0.25) is 21.8 Å². The Morgan fingerprint density at radius 1 is 1.00 bits per heavy atom. The number of nitrogens with zero attached hydrogens (tertiary/aromatic N) is 2. The van der Waals surface area contributed by atoms with Gasteiger partial charge in [-0.3, -0.25) is 13.9 Å². The minimum absolute atomic E-state index is 0.0332. The van der Waals surface area contributed by atoms with Gasteiger partial charge in [0.05, 0.1) is 22.5 Å². The fraction of sp³-hybridized carbons (Fsp3) is 0.333. The van der Waals surface area contributed by atoms with Crippen LogP contribution in [-0.2, 0) is 38.8 Å². The first-order chi connectivity index (χ1) is 19.7. The number of amides is 2. The summed E-state index contributed by atoms with van der Waals surface area (Å²) in [4.78, 5) is 28.8. The zero-order valence-electron chi connectivity index (χ0n) is 23.5. The number of aryl methyl sites for hydroxylation is 1. The van der Waals surface area contributed by atoms with Crippen LogP contribution in [0.3, 0.4) is 0 Å². The average Bonchev–Trinajstić information content (AvgIpc) is 2.93. The molecule has 0 radical (unpaired) electrons. The Labute approximate surface area is 249 Å². The van der Waals surface area contributed by atoms with E-state index < -0.39 is 51.2 Å². The Morgan fingerprint density at radius 2 is 1.64 bits per heavy atom. The maximum atomic E-state index is 14.0. The predicted molar refractivity (Wildman–Crippen MR) is 158 cm³/mol. The van der Waals surface area contributed by atoms with Gasteiger partial charge in [-0.2, -0.15) is 13.2 Å². The molecule has 0 spiro atoms. The highest BCUT2D eigenvalue weighted by Crippen LogP contribution is 2.37. The number of halogens is 4. The Balaban J connectivity index is 2.10. The van der Waals surface area contributed by atoms with Crippen molar-refractivity contribution in [2.24, 2.45) is 0 Å². The second-order valence-corrected chi connectivity index (χ2v) is 12.2. The second-order valence-electron chi connectivity index (χ2n) is 9.88. The monoisotopic (exact) mass is 623 g/mol. The molecule has 0 aliphatic rings. The number of hydrogen-bond donors (Lipinski definition) is 1. The largest absolute Gasteiger partial charge is 0.417 e. The van der Waals surface area contributed by atoms with Gasteiger partial charge < -0.3 is 10.2 Å². The standard InChI is InChI=1S/C30H33ClF3N3O4S/c1-4-16-35-29(39)27(17-22-11-6-5-7-12-22)36(19-23-13-9-8-10-21(23)2)28(38)20-37(42(3,40)41)24-14-15-26(31)25(18-24)30(32,33)34/h5-15,18,27H,4,16-17,19-20H2,1-3H3,(H,35,39)/t27-/m1/s1. The Hall–Kier alpha value is -3.57. The number of carbonyl (C=O) groups is 2. The van der Waals surface area contributed by atoms with E-state index in [0.29, 0.717) is 23.3 Å². The Bertz CT molecular complexity index is 1500. The molecule has 0 saturated heterocycles. The summed E-state index contributed by atoms with van der Waals surface area (Å²) in [7, 11) is -4.25. The maximum absolute atomic E-state index is 14.0. The van der Waals surface area contributed by atoms with E-state index in [9.17, 15) is 31.2 Å². The van der Waals surface area contributed by atoms with Crippen LogP contribution in [0.5, 0.6) is 0 Å². The highest BCUT2D eigenvalue weighted by molar-refractivity contribution is 7.92. The van der Waals surface area contributed by atoms with Crippen molar-refractivity contribution in [1.82, 2.24) is 10.2 Å². The number of sulfonamides is 1. The molecule has 0 unspecified atom stereocenters. The molecule has 2 amide bonds. The van der Waals surface area contributed by atoms with Crippen LogP contribution in [0, 0.1) is 6.92 Å². The van der Waals surface area contributed by atoms with Crippen molar-refractivity contribution in [3.05, 3.63) is 100 Å². The molecular weight excluding hydrogens is 591 g/mol. The number of anilines is 1. The lowest BCUT2D eigenvalue weighted by atomic mass is 10.0. The number of nitrogens with one attached hydrogen (secondary N) is 1. The van der Waals surface area contributed by atoms with Crippen molar-refractivity contribution in [2.75, 3.05) is 23.7 Å². The first kappa shape index (κ1) is 32.9. The van der Waals surface area contributed by atoms with Gasteiger partial charge in [-0.15, -0.1) is 0 Å². The quantitative estimate of drug-likeness (QED) is 0.285. The smallest absolute Gasteiger partial charge is 0.354 e. The van der Waals surface area contributed by atoms with Gasteiger partial charge in [0.1, 0.15) is 12.6 Å². The van der Waals surface area contributed by atoms with Crippen LogP contribution in [-0.4, -0.2) is 50.5 Å². The van der Waals surface area contributed by atoms with Gasteiger partial charge in [-0.05, 0) is 48.2 Å². The zero-order valence-corrected chi connectivity index (χ0v) is 25.1. The molecule has 3 aromatic rings. The minimum Gasteiger partial charge on any atom is -0.354 e. The normalized spacial score (nSPS) is 12.5. The third-order valence-corrected chi connectivity index (χ3v) is 8.11. The van der Waals surface area contributed by atoms with Crippen LogP contribution in [0.25, 0.3) is 0 Å². The molecule has 0 aliphatic heterocycles. The van der Waals surface area contributed by atoms with E-state index in [1.165, 1.54) is 4.90 Å². The van der Waals surface area contributed by atoms with Crippen LogP contribution in [0.4, 0.5) is 18.9 Å². The molecule has 3 rings (SSSR count). The van der Waals surface area contributed by atoms with E-state index in [0.717, 1.165) is 35.1 Å². The van der Waals surface area contributed by atoms with Gasteiger partial charge in [0.25, 0.3) is 0 Å². The van der Waals surface area contributed by atoms with Crippen molar-refractivity contribution in [2.45, 2.75) is 45.5 Å². The number of rotatable bonds is 12. The van der Waals surface area contributed by atoms with E-state index in [1.807, 2.05) is 44.2 Å². The van der Waals surface area contributed by atoms with E-state index in [2.05, 4.69) is 5.32 Å². The van der Waals surface area contributed by atoms with E-state index in [4.69, 9.17) is 11.6 Å². The molecule has 0 fully saturated rings. The van der Waals surface area contributed by atoms with Crippen LogP contribution in [0.1, 0.15) is 35.6 Å². The SMILES string of the molecule is CCCNC(=O)[C@@H](Cc1ccccc1)N(Cc1ccccc1C)C(=O)CN(c1ccc(Cl)c(C(F)(F)F)c1)S(C)(=O)=O. The highest BCUT2D eigenvalue weighted by Gasteiger charge is 2.36. The topological polar surface area (TPSA) is 86.8 Å². The summed E-state index contributed by atoms with van der Waals surface area (Å²) in [5, 5.41) is 2.22. The van der Waals surface area contributed by atoms with Gasteiger partial charge in [-0.25, -0.2) is 8.42 Å². The first-order valence-electron chi connectivity index (χ1n) is 13.2. The molecule has 0 bridgehead atoms. The molecule has 0 saturated carbocycles. The molecule has 0 aromatic heterocycles. The summed E-state index contributed by atoms with van der Waals surface area (Å²) in [6, 6.07) is 17.9. The van der Waals surface area contributed by atoms with Crippen LogP contribution >= 0.6 is 11.6 Å². The summed E-state index contributed by atoms with van der Waals surface area (Å²) in [5.74, 6) is -1.20. The number of carbonyl (C=O) groups excluding carboxylic acids is 2. The minimum atomic E-state index is -4.85. The number of benzene rings is 3. The van der Waals surface area contributed by atoms with E-state index in [-0.39, 0.29) is 18.7 Å². The van der Waals surface area contributed by atoms with Crippen molar-refractivity contribution < 1.29 is 31.2 Å². The van der Waals surface area contributed by atoms with E-state index in [1.54, 1.807) is 24.3 Å². The van der Waals surface area contributed by atoms with Gasteiger partial charge in [-0.1, -0.05) is 73.1 Å². The van der Waals surface area contributed by atoms with Gasteiger partial charge in [0, 0.05) is 19.5 Å². The van der Waals surface area contributed by atoms with Crippen molar-refractivity contribution >= 4 is 39.1 Å². The highest BCUT2D eigenvalue weighted by atomic mass is 35.5. The third kappa shape index (κ3) is 8.72. The Kier molecular flexibility index (Phi) is 11.0. The van der Waals surface area contributed by atoms with Crippen LogP contribution in [0.15, 0.2) is 72.8 Å². The second kappa shape index (κ2) is 14.1. The molecule has 0 heterocycles. The Morgan fingerprint density at radius 3 is 2.24 bits per heavy atom. The molecule has 226 valence electrons. The first-order valence-corrected chi connectivity index (χ1v) is 15.4. The fourth-order valence-corrected chi connectivity index (χ4v) is 5.46. The van der Waals surface area contributed by atoms with Crippen LogP contribution < -0.4 is 9.62 Å². The molecular formula is C30H33ClF3N3O4S. The summed E-state index contributed by atoms with van der Waals surface area (Å²) in [5.41, 5.74) is 0.720. The molecule has 12 heteroatoms. The average molecular weight is 624 g/mol. The lowest BCUT2D eigenvalue weighted by Gasteiger charge is -2.34. The van der Waals surface area contributed by atoms with E-state index >= 15 is 0 Å². The fourth-order valence-electron chi connectivity index (χ4n) is 4.39. The molecule has 1 atom stereocenters. The number of hydrogen-bond acceptors (Lipinski definition) is 4. The summed E-state index contributed by atoms with van der Waals surface area (Å²) < 4.78 is 67.1. The van der Waals surface area contributed by atoms with Crippen LogP contribution in [0.2, 0.25) is 5.02 Å². The lowest BCUT2D eigenvalue weighted by molar-refractivity contribution is -0.140. The molecule has 1 N–H and O–H groups in total. The lowest BCUT2D eigenvalue weighted by Crippen LogP contribution is -2.53. The van der Waals surface area contributed by atoms with Gasteiger partial charge >= 0.3 is 6.18 Å². The van der Waals surface area contributed by atoms with Crippen molar-refractivity contribution in [1.29, 1.82) is 0 Å². The molecule has 0 aliphatic carbocycles.